The van der Waals surface area contributed by atoms with Crippen molar-refractivity contribution < 1.29 is 4.52 Å². The molecule has 0 amide bonds. The highest BCUT2D eigenvalue weighted by Gasteiger charge is 2.38. The molecule has 6 rings (SSSR count). The van der Waals surface area contributed by atoms with E-state index >= 15 is 0 Å². The van der Waals surface area contributed by atoms with Crippen LogP contribution in [-0.4, -0.2) is 24.7 Å². The molecule has 1 fully saturated rings. The van der Waals surface area contributed by atoms with Crippen LogP contribution in [0.2, 0.25) is 0 Å². The van der Waals surface area contributed by atoms with Crippen LogP contribution in [0.4, 0.5) is 5.82 Å². The van der Waals surface area contributed by atoms with Crippen LogP contribution < -0.4 is 5.73 Å². The SMILES string of the molecule is CC(C)n1c2c(c3c(N)ncnc31)-c1noc(C3CC3)c1-c1ncccc1C2. The van der Waals surface area contributed by atoms with Gasteiger partial charge in [-0.25, -0.2) is 9.97 Å². The normalized spacial score (nSPS) is 15.4. The number of hydrogen-bond donors (Lipinski definition) is 1. The lowest BCUT2D eigenvalue weighted by atomic mass is 10.0. The number of rotatable bonds is 2. The van der Waals surface area contributed by atoms with Gasteiger partial charge in [0.1, 0.15) is 29.2 Å². The molecule has 0 saturated heterocycles. The molecule has 2 N–H and O–H groups in total. The van der Waals surface area contributed by atoms with E-state index in [-0.39, 0.29) is 6.04 Å². The van der Waals surface area contributed by atoms with E-state index in [0.29, 0.717) is 11.7 Å². The minimum Gasteiger partial charge on any atom is -0.383 e. The van der Waals surface area contributed by atoms with Gasteiger partial charge in [-0.3, -0.25) is 4.98 Å². The van der Waals surface area contributed by atoms with Crippen LogP contribution in [0.15, 0.2) is 29.2 Å². The van der Waals surface area contributed by atoms with Gasteiger partial charge in [-0.05, 0) is 38.3 Å². The van der Waals surface area contributed by atoms with E-state index in [9.17, 15) is 0 Å². The van der Waals surface area contributed by atoms with Crippen molar-refractivity contribution in [3.8, 4) is 22.5 Å². The fourth-order valence-electron chi connectivity index (χ4n) is 4.50. The third-order valence-corrected chi connectivity index (χ3v) is 5.82. The summed E-state index contributed by atoms with van der Waals surface area (Å²) in [6, 6.07) is 4.35. The predicted octanol–water partition coefficient (Wildman–Crippen LogP) is 4.09. The van der Waals surface area contributed by atoms with Gasteiger partial charge >= 0.3 is 0 Å². The lowest BCUT2D eigenvalue weighted by Gasteiger charge is -2.14. The van der Waals surface area contributed by atoms with Crippen LogP contribution in [0.1, 0.15) is 55.7 Å². The number of anilines is 1. The highest BCUT2D eigenvalue weighted by Crippen LogP contribution is 2.52. The minimum absolute atomic E-state index is 0.219. The summed E-state index contributed by atoms with van der Waals surface area (Å²) in [5, 5.41) is 5.40. The Morgan fingerprint density at radius 1 is 1.14 bits per heavy atom. The van der Waals surface area contributed by atoms with Gasteiger partial charge in [0, 0.05) is 35.8 Å². The molecule has 140 valence electrons. The monoisotopic (exact) mass is 372 g/mol. The molecule has 0 aliphatic heterocycles. The van der Waals surface area contributed by atoms with Gasteiger partial charge in [-0.1, -0.05) is 11.2 Å². The van der Waals surface area contributed by atoms with E-state index in [0.717, 1.165) is 64.3 Å². The summed E-state index contributed by atoms with van der Waals surface area (Å²) in [6.45, 7) is 4.32. The fourth-order valence-corrected chi connectivity index (χ4v) is 4.50. The quantitative estimate of drug-likeness (QED) is 0.501. The first kappa shape index (κ1) is 15.8. The molecule has 0 radical (unpaired) electrons. The number of nitrogen functional groups attached to an aromatic ring is 1. The van der Waals surface area contributed by atoms with Crippen LogP contribution >= 0.6 is 0 Å². The Hall–Kier alpha value is -3.22. The highest BCUT2D eigenvalue weighted by atomic mass is 16.5. The number of aromatic nitrogens is 5. The second-order valence-electron chi connectivity index (χ2n) is 7.98. The molecule has 0 aromatic carbocycles. The standard InChI is InChI=1S/C21H20N6O/c1-10(2)27-13-8-12-4-3-7-23-17(12)16-18(26-28-19(16)11-5-6-11)14(13)15-20(22)24-9-25-21(15)27/h3-4,7,9-11H,5-6,8H2,1-2H3,(H2,22,24,25). The summed E-state index contributed by atoms with van der Waals surface area (Å²) in [5.74, 6) is 1.85. The van der Waals surface area contributed by atoms with E-state index < -0.39 is 0 Å². The first-order chi connectivity index (χ1) is 13.6. The van der Waals surface area contributed by atoms with Crippen molar-refractivity contribution in [2.24, 2.45) is 0 Å². The smallest absolute Gasteiger partial charge is 0.149 e. The summed E-state index contributed by atoms with van der Waals surface area (Å²) in [6.07, 6.45) is 6.39. The van der Waals surface area contributed by atoms with E-state index in [4.69, 9.17) is 15.2 Å². The van der Waals surface area contributed by atoms with Crippen molar-refractivity contribution in [2.45, 2.75) is 45.1 Å². The first-order valence-electron chi connectivity index (χ1n) is 9.72. The Labute approximate surface area is 161 Å². The lowest BCUT2D eigenvalue weighted by Crippen LogP contribution is -2.07. The second-order valence-corrected chi connectivity index (χ2v) is 7.98. The average molecular weight is 372 g/mol. The van der Waals surface area contributed by atoms with Crippen LogP contribution in [0.3, 0.4) is 0 Å². The van der Waals surface area contributed by atoms with Crippen molar-refractivity contribution in [1.82, 2.24) is 24.7 Å². The van der Waals surface area contributed by atoms with Gasteiger partial charge < -0.3 is 14.8 Å². The molecule has 2 aliphatic rings. The summed E-state index contributed by atoms with van der Waals surface area (Å²) in [4.78, 5) is 13.6. The van der Waals surface area contributed by atoms with Crippen LogP contribution in [0, 0.1) is 0 Å². The molecule has 28 heavy (non-hydrogen) atoms. The third-order valence-electron chi connectivity index (χ3n) is 5.82. The maximum Gasteiger partial charge on any atom is 0.149 e. The number of hydrogen-bond acceptors (Lipinski definition) is 6. The molecule has 0 bridgehead atoms. The summed E-state index contributed by atoms with van der Waals surface area (Å²) < 4.78 is 8.14. The van der Waals surface area contributed by atoms with E-state index in [1.807, 2.05) is 12.3 Å². The molecule has 1 saturated carbocycles. The van der Waals surface area contributed by atoms with Gasteiger partial charge in [0.15, 0.2) is 0 Å². The topological polar surface area (TPSA) is 95.7 Å². The minimum atomic E-state index is 0.219. The predicted molar refractivity (Wildman–Crippen MR) is 106 cm³/mol. The number of fused-ring (bicyclic) bond motifs is 7. The van der Waals surface area contributed by atoms with Gasteiger partial charge in [-0.2, -0.15) is 0 Å². The lowest BCUT2D eigenvalue weighted by molar-refractivity contribution is 0.387. The Morgan fingerprint density at radius 3 is 2.79 bits per heavy atom. The molecule has 7 nitrogen and oxygen atoms in total. The van der Waals surface area contributed by atoms with E-state index in [2.05, 4.69) is 39.6 Å². The molecule has 4 aromatic heterocycles. The third kappa shape index (κ3) is 1.99. The second kappa shape index (κ2) is 5.41. The van der Waals surface area contributed by atoms with Gasteiger partial charge in [0.2, 0.25) is 0 Å². The molecular weight excluding hydrogens is 352 g/mol. The molecule has 0 unspecified atom stereocenters. The van der Waals surface area contributed by atoms with Crippen molar-refractivity contribution in [1.29, 1.82) is 0 Å². The average Bonchev–Trinajstić information content (AvgIpc) is 3.37. The molecule has 7 heteroatoms. The largest absolute Gasteiger partial charge is 0.383 e. The maximum absolute atomic E-state index is 6.35. The fraction of sp³-hybridized carbons (Fsp3) is 0.333. The van der Waals surface area contributed by atoms with Crippen molar-refractivity contribution in [3.63, 3.8) is 0 Å². The number of nitrogens with zero attached hydrogens (tertiary/aromatic N) is 5. The van der Waals surface area contributed by atoms with Crippen LogP contribution in [0.25, 0.3) is 33.5 Å². The maximum atomic E-state index is 6.35. The Kier molecular flexibility index (Phi) is 3.05. The molecular formula is C21H20N6O. The zero-order chi connectivity index (χ0) is 19.0. The van der Waals surface area contributed by atoms with Crippen LogP contribution in [0.5, 0.6) is 0 Å². The molecule has 4 aromatic rings. The van der Waals surface area contributed by atoms with Crippen molar-refractivity contribution >= 4 is 16.9 Å². The zero-order valence-corrected chi connectivity index (χ0v) is 15.8. The van der Waals surface area contributed by atoms with Crippen molar-refractivity contribution in [2.75, 3.05) is 5.73 Å². The molecule has 4 heterocycles. The van der Waals surface area contributed by atoms with Crippen molar-refractivity contribution in [3.05, 3.63) is 41.7 Å². The molecule has 2 aliphatic carbocycles. The highest BCUT2D eigenvalue weighted by molar-refractivity contribution is 6.05. The van der Waals surface area contributed by atoms with Gasteiger partial charge in [-0.15, -0.1) is 0 Å². The zero-order valence-electron chi connectivity index (χ0n) is 15.8. The number of nitrogens with two attached hydrogens (primary N) is 1. The molecule has 0 atom stereocenters. The first-order valence-corrected chi connectivity index (χ1v) is 9.72. The molecule has 0 spiro atoms. The summed E-state index contributed by atoms with van der Waals surface area (Å²) >= 11 is 0. The number of pyridine rings is 1. The van der Waals surface area contributed by atoms with Gasteiger partial charge in [0.25, 0.3) is 0 Å². The Morgan fingerprint density at radius 2 is 2.00 bits per heavy atom. The summed E-state index contributed by atoms with van der Waals surface area (Å²) in [7, 11) is 0. The summed E-state index contributed by atoms with van der Waals surface area (Å²) in [5.41, 5.74) is 13.3. The van der Waals surface area contributed by atoms with Crippen LogP contribution in [-0.2, 0) is 6.42 Å². The van der Waals surface area contributed by atoms with E-state index in [1.54, 1.807) is 0 Å². The Balaban J connectivity index is 1.80. The Bertz CT molecular complexity index is 1250. The van der Waals surface area contributed by atoms with Gasteiger partial charge in [0.05, 0.1) is 16.6 Å². The van der Waals surface area contributed by atoms with E-state index in [1.165, 1.54) is 11.9 Å².